The fraction of sp³-hybridized carbons (Fsp3) is 0.0571. The van der Waals surface area contributed by atoms with E-state index in [1.54, 1.807) is 18.3 Å². The maximum absolute atomic E-state index is 12.6. The van der Waals surface area contributed by atoms with Crippen molar-refractivity contribution in [3.05, 3.63) is 129 Å². The van der Waals surface area contributed by atoms with Gasteiger partial charge in [-0.1, -0.05) is 14.9 Å². The van der Waals surface area contributed by atoms with Crippen molar-refractivity contribution in [3.8, 4) is 51.9 Å². The number of aromatic nitrogens is 2. The monoisotopic (exact) mass is 789 g/mol. The first-order chi connectivity index (χ1) is 22.5. The maximum Gasteiger partial charge on any atom is 2.00 e. The summed E-state index contributed by atoms with van der Waals surface area (Å²) >= 11 is 3.33. The van der Waals surface area contributed by atoms with Crippen LogP contribution in [0.4, 0.5) is 0 Å². The maximum atomic E-state index is 12.6. The molecule has 13 nitrogen and oxygen atoms in total. The van der Waals surface area contributed by atoms with E-state index in [4.69, 9.17) is 23.7 Å². The molecule has 15 heteroatoms. The van der Waals surface area contributed by atoms with Gasteiger partial charge in [0.2, 0.25) is 0 Å². The van der Waals surface area contributed by atoms with Gasteiger partial charge in [0.05, 0.1) is 16.3 Å². The fourth-order valence-corrected chi connectivity index (χ4v) is 5.03. The Bertz CT molecular complexity index is 2310. The van der Waals surface area contributed by atoms with Gasteiger partial charge in [0, 0.05) is 51.1 Å². The number of rotatable bonds is 2. The van der Waals surface area contributed by atoms with Crippen LogP contribution in [0.3, 0.4) is 0 Å². The fourth-order valence-electron chi connectivity index (χ4n) is 4.51. The molecule has 0 unspecified atom stereocenters. The molecule has 0 fully saturated rings. The van der Waals surface area contributed by atoms with Crippen molar-refractivity contribution in [1.29, 1.82) is 15.8 Å². The van der Waals surface area contributed by atoms with E-state index < -0.39 is 16.9 Å². The summed E-state index contributed by atoms with van der Waals surface area (Å²) in [6, 6.07) is 18.7. The van der Waals surface area contributed by atoms with Gasteiger partial charge in [-0.25, -0.2) is 0 Å². The van der Waals surface area contributed by atoms with Crippen molar-refractivity contribution in [2.45, 2.75) is 14.9 Å². The third-order valence-electron chi connectivity index (χ3n) is 6.49. The number of nitriles is 1. The standard InChI is InChI=1S/C16H10N2O4.C15H10BrNO4.2CN.2CH4.Zn/c17-7-9-8-18(10-1-3-11(19)4-2-10)16(22)15-13(9)5-12(20)6-14(15)21;16-12-7-17(8-1-3-9(18)4-2-8)15(21)14-11(12)5-10(19)6-13(14)20;2*1-2;;;/h1-6,8,19-21H;1-7,18-20H;;;2*1H4;/q;;2*-1;;;+2. The molecule has 50 heavy (non-hydrogen) atoms. The molecular formula is C35H28BrN5O8Zn. The van der Waals surface area contributed by atoms with E-state index in [1.807, 2.05) is 6.07 Å². The van der Waals surface area contributed by atoms with E-state index in [-0.39, 0.29) is 84.8 Å². The zero-order chi connectivity index (χ0) is 35.0. The number of phenolic OH excluding ortho intramolecular Hbond substituents is 6. The molecule has 6 rings (SSSR count). The molecule has 2 aromatic heterocycles. The van der Waals surface area contributed by atoms with Crippen LogP contribution in [-0.4, -0.2) is 39.8 Å². The van der Waals surface area contributed by atoms with Gasteiger partial charge in [-0.15, -0.1) is 0 Å². The Hall–Kier alpha value is -6.33. The molecule has 0 atom stereocenters. The Balaban J connectivity index is 0.000000829. The quantitative estimate of drug-likeness (QED) is 0.0839. The van der Waals surface area contributed by atoms with Gasteiger partial charge < -0.3 is 54.3 Å². The van der Waals surface area contributed by atoms with E-state index in [2.05, 4.69) is 15.9 Å². The predicted octanol–water partition coefficient (Wildman–Crippen LogP) is 6.31. The molecule has 0 saturated carbocycles. The minimum atomic E-state index is -0.530. The van der Waals surface area contributed by atoms with Crippen molar-refractivity contribution < 1.29 is 50.1 Å². The number of hydrogen-bond acceptors (Lipinski definition) is 11. The van der Waals surface area contributed by atoms with Crippen LogP contribution in [0.5, 0.6) is 34.5 Å². The summed E-state index contributed by atoms with van der Waals surface area (Å²) in [7, 11) is 0. The number of halogens is 1. The number of phenols is 6. The first kappa shape index (κ1) is 43.7. The Labute approximate surface area is 307 Å². The van der Waals surface area contributed by atoms with Gasteiger partial charge in [0.1, 0.15) is 40.6 Å². The van der Waals surface area contributed by atoms with Crippen LogP contribution in [-0.2, 0) is 19.5 Å². The Kier molecular flexibility index (Phi) is 16.5. The largest absolute Gasteiger partial charge is 2.00 e. The summed E-state index contributed by atoms with van der Waals surface area (Å²) < 4.78 is 3.11. The van der Waals surface area contributed by atoms with Crippen LogP contribution in [0, 0.1) is 35.0 Å². The number of pyridine rings is 2. The van der Waals surface area contributed by atoms with Crippen LogP contribution < -0.4 is 11.1 Å². The molecule has 0 bridgehead atoms. The second-order valence-corrected chi connectivity index (χ2v) is 10.1. The van der Waals surface area contributed by atoms with Crippen LogP contribution >= 0.6 is 15.9 Å². The third-order valence-corrected chi connectivity index (χ3v) is 7.13. The summed E-state index contributed by atoms with van der Waals surface area (Å²) in [4.78, 5) is 25.1. The van der Waals surface area contributed by atoms with E-state index in [0.717, 1.165) is 12.1 Å². The second-order valence-electron chi connectivity index (χ2n) is 9.29. The smallest absolute Gasteiger partial charge is 0.512 e. The molecule has 6 aromatic rings. The molecule has 0 aliphatic carbocycles. The summed E-state index contributed by atoms with van der Waals surface area (Å²) in [6.45, 7) is 9.50. The van der Waals surface area contributed by atoms with Crippen LogP contribution in [0.1, 0.15) is 20.4 Å². The number of nitrogens with zero attached hydrogens (tertiary/aromatic N) is 5. The van der Waals surface area contributed by atoms with Crippen molar-refractivity contribution in [3.63, 3.8) is 0 Å². The molecule has 0 radical (unpaired) electrons. The van der Waals surface area contributed by atoms with Gasteiger partial charge in [0.25, 0.3) is 11.1 Å². The average Bonchev–Trinajstić information content (AvgIpc) is 3.05. The molecule has 250 valence electrons. The van der Waals surface area contributed by atoms with Crippen LogP contribution in [0.25, 0.3) is 32.9 Å². The first-order valence-electron chi connectivity index (χ1n) is 12.8. The summed E-state index contributed by atoms with van der Waals surface area (Å²) in [6.07, 6.45) is 2.88. The van der Waals surface area contributed by atoms with Gasteiger partial charge in [0.15, 0.2) is 0 Å². The van der Waals surface area contributed by atoms with Gasteiger partial charge in [-0.05, 0) is 76.6 Å². The van der Waals surface area contributed by atoms with E-state index in [1.165, 1.54) is 63.9 Å². The number of benzene rings is 4. The number of aromatic hydroxyl groups is 6. The summed E-state index contributed by atoms with van der Waals surface area (Å²) in [5.41, 5.74) is 0.170. The van der Waals surface area contributed by atoms with Gasteiger partial charge in [-0.2, -0.15) is 5.26 Å². The molecule has 0 aliphatic heterocycles. The average molecular weight is 792 g/mol. The zero-order valence-corrected chi connectivity index (χ0v) is 29.0. The van der Waals surface area contributed by atoms with Crippen molar-refractivity contribution in [1.82, 2.24) is 9.13 Å². The molecule has 0 spiro atoms. The molecule has 2 heterocycles. The van der Waals surface area contributed by atoms with E-state index in [9.17, 15) is 45.5 Å². The molecule has 0 saturated heterocycles. The summed E-state index contributed by atoms with van der Waals surface area (Å²) in [5, 5.41) is 80.0. The second kappa shape index (κ2) is 18.9. The molecular weight excluding hydrogens is 764 g/mol. The minimum absolute atomic E-state index is 0. The molecule has 0 amide bonds. The minimum Gasteiger partial charge on any atom is -0.512 e. The Morgan fingerprint density at radius 3 is 1.34 bits per heavy atom. The van der Waals surface area contributed by atoms with Crippen LogP contribution in [0.15, 0.2) is 99.3 Å². The van der Waals surface area contributed by atoms with Gasteiger partial charge in [-0.3, -0.25) is 18.7 Å². The van der Waals surface area contributed by atoms with Crippen molar-refractivity contribution >= 4 is 37.5 Å². The number of hydrogen-bond donors (Lipinski definition) is 6. The third kappa shape index (κ3) is 8.97. The van der Waals surface area contributed by atoms with E-state index >= 15 is 0 Å². The molecule has 0 aliphatic rings. The SMILES string of the molecule is C.C.N#Cc1cn(-c2ccc(O)cc2)c(=O)c2c(O)cc(O)cc12.O=c1c2c(O)cc(O)cc2c(Br)cn1-c1ccc(O)cc1.[C-]#N.[C-]#N.[Zn+2]. The molecule has 4 aromatic carbocycles. The topological polar surface area (TPSA) is 237 Å². The van der Waals surface area contributed by atoms with E-state index in [0.29, 0.717) is 21.2 Å². The first-order valence-corrected chi connectivity index (χ1v) is 13.6. The predicted molar refractivity (Wildman–Crippen MR) is 185 cm³/mol. The Morgan fingerprint density at radius 1 is 0.580 bits per heavy atom. The summed E-state index contributed by atoms with van der Waals surface area (Å²) in [5.74, 6) is -0.899. The zero-order valence-electron chi connectivity index (χ0n) is 24.4. The number of fused-ring (bicyclic) bond motifs is 2. The van der Waals surface area contributed by atoms with Crippen molar-refractivity contribution in [2.24, 2.45) is 0 Å². The normalized spacial score (nSPS) is 9.28. The van der Waals surface area contributed by atoms with Crippen LogP contribution in [0.2, 0.25) is 0 Å². The van der Waals surface area contributed by atoms with Gasteiger partial charge >= 0.3 is 19.5 Å². The molecule has 6 N–H and O–H groups in total. The Morgan fingerprint density at radius 2 is 0.940 bits per heavy atom. The van der Waals surface area contributed by atoms with Crippen molar-refractivity contribution in [2.75, 3.05) is 0 Å².